The smallest absolute Gasteiger partial charge is 0.268 e. The number of carbonyl (C=O) groups is 1. The van der Waals surface area contributed by atoms with Crippen LogP contribution in [0.1, 0.15) is 28.9 Å². The van der Waals surface area contributed by atoms with Crippen molar-refractivity contribution in [3.8, 4) is 5.75 Å². The normalized spacial score (nSPS) is 15.7. The fraction of sp³-hybridized carbons (Fsp3) is 0.235. The minimum absolute atomic E-state index is 0.119. The number of ether oxygens (including phenoxy) is 1. The molecule has 5 heteroatoms. The van der Waals surface area contributed by atoms with Crippen LogP contribution in [0.25, 0.3) is 11.1 Å². The summed E-state index contributed by atoms with van der Waals surface area (Å²) >= 11 is 0. The maximum absolute atomic E-state index is 12.5. The van der Waals surface area contributed by atoms with E-state index in [2.05, 4.69) is 10.3 Å². The van der Waals surface area contributed by atoms with Crippen LogP contribution in [0.4, 0.5) is 0 Å². The van der Waals surface area contributed by atoms with E-state index >= 15 is 0 Å². The van der Waals surface area contributed by atoms with E-state index < -0.39 is 0 Å². The second-order valence-corrected chi connectivity index (χ2v) is 5.65. The molecule has 1 amide bonds. The number of nitrogens with one attached hydrogen (secondary N) is 2. The SMILES string of the molecule is COc1cccc(C2(NC(=O)c3cc4occc4[nH]3)CC2)c1. The molecular weight excluding hydrogens is 280 g/mol. The molecule has 0 bridgehead atoms. The second kappa shape index (κ2) is 4.66. The fourth-order valence-corrected chi connectivity index (χ4v) is 2.79. The number of aromatic nitrogens is 1. The molecule has 0 saturated heterocycles. The van der Waals surface area contributed by atoms with Gasteiger partial charge in [-0.25, -0.2) is 0 Å². The number of furan rings is 1. The summed E-state index contributed by atoms with van der Waals surface area (Å²) in [6, 6.07) is 11.4. The molecule has 112 valence electrons. The molecule has 4 rings (SSSR count). The Hall–Kier alpha value is -2.69. The molecule has 3 aromatic rings. The van der Waals surface area contributed by atoms with Crippen molar-refractivity contribution in [3.05, 3.63) is 53.9 Å². The molecule has 0 aliphatic heterocycles. The van der Waals surface area contributed by atoms with Gasteiger partial charge in [-0.1, -0.05) is 12.1 Å². The van der Waals surface area contributed by atoms with Crippen LogP contribution in [0.15, 0.2) is 47.1 Å². The first kappa shape index (κ1) is 13.0. The zero-order valence-electron chi connectivity index (χ0n) is 12.2. The van der Waals surface area contributed by atoms with Gasteiger partial charge in [0.1, 0.15) is 11.4 Å². The highest BCUT2D eigenvalue weighted by atomic mass is 16.5. The number of amides is 1. The quantitative estimate of drug-likeness (QED) is 0.777. The Morgan fingerprint density at radius 2 is 2.18 bits per heavy atom. The van der Waals surface area contributed by atoms with Crippen molar-refractivity contribution < 1.29 is 13.9 Å². The summed E-state index contributed by atoms with van der Waals surface area (Å²) in [5.74, 6) is 0.683. The molecule has 0 unspecified atom stereocenters. The van der Waals surface area contributed by atoms with Gasteiger partial charge in [0.25, 0.3) is 5.91 Å². The van der Waals surface area contributed by atoms with Gasteiger partial charge in [-0.15, -0.1) is 0 Å². The van der Waals surface area contributed by atoms with E-state index in [1.165, 1.54) is 0 Å². The second-order valence-electron chi connectivity index (χ2n) is 5.65. The molecule has 0 radical (unpaired) electrons. The molecule has 1 aliphatic carbocycles. The molecule has 1 saturated carbocycles. The van der Waals surface area contributed by atoms with Crippen molar-refractivity contribution in [2.75, 3.05) is 7.11 Å². The predicted octanol–water partition coefficient (Wildman–Crippen LogP) is 3.19. The molecule has 1 aliphatic rings. The van der Waals surface area contributed by atoms with Crippen LogP contribution in [-0.2, 0) is 5.54 Å². The van der Waals surface area contributed by atoms with Gasteiger partial charge in [0.2, 0.25) is 0 Å². The van der Waals surface area contributed by atoms with Crippen molar-refractivity contribution in [2.45, 2.75) is 18.4 Å². The summed E-state index contributed by atoms with van der Waals surface area (Å²) in [7, 11) is 1.64. The third-order valence-corrected chi connectivity index (χ3v) is 4.21. The number of benzene rings is 1. The molecule has 22 heavy (non-hydrogen) atoms. The number of methoxy groups -OCH3 is 1. The van der Waals surface area contributed by atoms with E-state index in [4.69, 9.17) is 9.15 Å². The van der Waals surface area contributed by atoms with Crippen LogP contribution in [0, 0.1) is 0 Å². The van der Waals surface area contributed by atoms with Crippen molar-refractivity contribution >= 4 is 17.0 Å². The number of carbonyl (C=O) groups excluding carboxylic acids is 1. The predicted molar refractivity (Wildman–Crippen MR) is 81.9 cm³/mol. The lowest BCUT2D eigenvalue weighted by Crippen LogP contribution is -2.35. The first-order chi connectivity index (χ1) is 10.7. The van der Waals surface area contributed by atoms with Gasteiger partial charge in [0, 0.05) is 12.1 Å². The van der Waals surface area contributed by atoms with Gasteiger partial charge in [0.05, 0.1) is 24.4 Å². The Labute approximate surface area is 127 Å². The Morgan fingerprint density at radius 1 is 1.32 bits per heavy atom. The molecule has 5 nitrogen and oxygen atoms in total. The number of aromatic amines is 1. The largest absolute Gasteiger partial charge is 0.497 e. The topological polar surface area (TPSA) is 67.3 Å². The monoisotopic (exact) mass is 296 g/mol. The highest BCUT2D eigenvalue weighted by molar-refractivity contribution is 5.97. The van der Waals surface area contributed by atoms with Crippen LogP contribution in [0.3, 0.4) is 0 Å². The minimum atomic E-state index is -0.280. The molecule has 2 aromatic heterocycles. The lowest BCUT2D eigenvalue weighted by Gasteiger charge is -2.18. The average Bonchev–Trinajstić information content (AvgIpc) is 3.00. The number of rotatable bonds is 4. The first-order valence-electron chi connectivity index (χ1n) is 7.23. The summed E-state index contributed by atoms with van der Waals surface area (Å²) in [5, 5.41) is 3.13. The number of H-pyrrole nitrogens is 1. The zero-order valence-corrected chi connectivity index (χ0v) is 12.2. The van der Waals surface area contributed by atoms with Gasteiger partial charge in [0.15, 0.2) is 5.58 Å². The van der Waals surface area contributed by atoms with E-state index in [0.717, 1.165) is 29.7 Å². The summed E-state index contributed by atoms with van der Waals surface area (Å²) in [6.07, 6.45) is 3.47. The molecule has 0 atom stereocenters. The van der Waals surface area contributed by atoms with Crippen LogP contribution in [-0.4, -0.2) is 18.0 Å². The van der Waals surface area contributed by atoms with Gasteiger partial charge in [-0.3, -0.25) is 4.79 Å². The maximum Gasteiger partial charge on any atom is 0.268 e. The minimum Gasteiger partial charge on any atom is -0.497 e. The molecule has 0 spiro atoms. The summed E-state index contributed by atoms with van der Waals surface area (Å²) in [5.41, 5.74) is 2.84. The summed E-state index contributed by atoms with van der Waals surface area (Å²) in [4.78, 5) is 15.5. The van der Waals surface area contributed by atoms with E-state index in [0.29, 0.717) is 11.3 Å². The van der Waals surface area contributed by atoms with Crippen LogP contribution in [0.5, 0.6) is 5.75 Å². The third kappa shape index (κ3) is 2.06. The van der Waals surface area contributed by atoms with Crippen molar-refractivity contribution in [1.29, 1.82) is 0 Å². The number of hydrogen-bond donors (Lipinski definition) is 2. The Balaban J connectivity index is 1.59. The standard InChI is InChI=1S/C17H16N2O3/c1-21-12-4-2-3-11(9-12)17(6-7-17)19-16(20)14-10-15-13(18-14)5-8-22-15/h2-5,8-10,18H,6-7H2,1H3,(H,19,20). The molecule has 2 N–H and O–H groups in total. The maximum atomic E-state index is 12.5. The van der Waals surface area contributed by atoms with Gasteiger partial charge in [-0.05, 0) is 30.5 Å². The van der Waals surface area contributed by atoms with Gasteiger partial charge >= 0.3 is 0 Å². The average molecular weight is 296 g/mol. The first-order valence-corrected chi connectivity index (χ1v) is 7.23. The Kier molecular flexibility index (Phi) is 2.76. The number of hydrogen-bond acceptors (Lipinski definition) is 3. The highest BCUT2D eigenvalue weighted by Crippen LogP contribution is 2.46. The molecule has 2 heterocycles. The lowest BCUT2D eigenvalue weighted by atomic mass is 10.0. The number of fused-ring (bicyclic) bond motifs is 1. The Bertz CT molecular complexity index is 814. The van der Waals surface area contributed by atoms with E-state index in [9.17, 15) is 4.79 Å². The van der Waals surface area contributed by atoms with Gasteiger partial charge in [-0.2, -0.15) is 0 Å². The molecule has 1 fully saturated rings. The van der Waals surface area contributed by atoms with E-state index in [1.807, 2.05) is 24.3 Å². The highest BCUT2D eigenvalue weighted by Gasteiger charge is 2.46. The Morgan fingerprint density at radius 3 is 2.91 bits per heavy atom. The van der Waals surface area contributed by atoms with Crippen LogP contribution in [0.2, 0.25) is 0 Å². The van der Waals surface area contributed by atoms with Gasteiger partial charge < -0.3 is 19.5 Å². The summed E-state index contributed by atoms with van der Waals surface area (Å²) < 4.78 is 10.5. The van der Waals surface area contributed by atoms with Crippen LogP contribution < -0.4 is 10.1 Å². The lowest BCUT2D eigenvalue weighted by molar-refractivity contribution is 0.0926. The summed E-state index contributed by atoms with van der Waals surface area (Å²) in [6.45, 7) is 0. The van der Waals surface area contributed by atoms with Crippen molar-refractivity contribution in [2.24, 2.45) is 0 Å². The molecular formula is C17H16N2O3. The fourth-order valence-electron chi connectivity index (χ4n) is 2.79. The van der Waals surface area contributed by atoms with Crippen LogP contribution >= 0.6 is 0 Å². The van der Waals surface area contributed by atoms with Crippen molar-refractivity contribution in [3.63, 3.8) is 0 Å². The zero-order chi connectivity index (χ0) is 15.2. The van der Waals surface area contributed by atoms with Crippen molar-refractivity contribution in [1.82, 2.24) is 10.3 Å². The van der Waals surface area contributed by atoms with E-state index in [-0.39, 0.29) is 11.4 Å². The third-order valence-electron chi connectivity index (χ3n) is 4.21. The van der Waals surface area contributed by atoms with E-state index in [1.54, 1.807) is 25.5 Å². The molecule has 1 aromatic carbocycles.